The van der Waals surface area contributed by atoms with E-state index < -0.39 is 16.1 Å². The zero-order valence-corrected chi connectivity index (χ0v) is 18.1. The van der Waals surface area contributed by atoms with Crippen LogP contribution >= 0.6 is 0 Å². The predicted octanol–water partition coefficient (Wildman–Crippen LogP) is 3.71. The highest BCUT2D eigenvalue weighted by Gasteiger charge is 2.21. The molecule has 8 heteroatoms. The molecule has 162 valence electrons. The molecule has 30 heavy (non-hydrogen) atoms. The number of hydrogen-bond acceptors (Lipinski definition) is 5. The van der Waals surface area contributed by atoms with Crippen molar-refractivity contribution in [1.82, 2.24) is 5.32 Å². The first-order valence-corrected chi connectivity index (χ1v) is 11.6. The summed E-state index contributed by atoms with van der Waals surface area (Å²) in [6.07, 6.45) is 4.85. The van der Waals surface area contributed by atoms with Crippen LogP contribution in [-0.4, -0.2) is 33.6 Å². The first-order chi connectivity index (χ1) is 14.4. The van der Waals surface area contributed by atoms with Crippen LogP contribution in [0.1, 0.15) is 39.0 Å². The Labute approximate surface area is 177 Å². The smallest absolute Gasteiger partial charge is 0.261 e. The van der Waals surface area contributed by atoms with E-state index in [1.165, 1.54) is 25.7 Å². The van der Waals surface area contributed by atoms with E-state index in [2.05, 4.69) is 10.0 Å². The summed E-state index contributed by atoms with van der Waals surface area (Å²) in [6.45, 7) is 1.69. The van der Waals surface area contributed by atoms with E-state index in [0.717, 1.165) is 25.7 Å². The molecule has 1 atom stereocenters. The van der Waals surface area contributed by atoms with E-state index in [9.17, 15) is 13.2 Å². The first kappa shape index (κ1) is 22.0. The van der Waals surface area contributed by atoms with E-state index in [4.69, 9.17) is 9.47 Å². The average molecular weight is 433 g/mol. The number of methoxy groups -OCH3 is 1. The summed E-state index contributed by atoms with van der Waals surface area (Å²) in [5.74, 6) is 0.833. The van der Waals surface area contributed by atoms with E-state index in [-0.39, 0.29) is 16.8 Å². The molecule has 0 bridgehead atoms. The molecule has 2 aromatic rings. The van der Waals surface area contributed by atoms with Gasteiger partial charge in [0.15, 0.2) is 6.10 Å². The van der Waals surface area contributed by atoms with Crippen molar-refractivity contribution in [1.29, 1.82) is 0 Å². The number of hydrogen-bond donors (Lipinski definition) is 2. The highest BCUT2D eigenvalue weighted by molar-refractivity contribution is 7.92. The fourth-order valence-corrected chi connectivity index (χ4v) is 4.47. The van der Waals surface area contributed by atoms with Crippen molar-refractivity contribution in [2.45, 2.75) is 56.1 Å². The van der Waals surface area contributed by atoms with Crippen LogP contribution in [0.3, 0.4) is 0 Å². The van der Waals surface area contributed by atoms with Gasteiger partial charge in [0, 0.05) is 12.1 Å². The van der Waals surface area contributed by atoms with Gasteiger partial charge >= 0.3 is 0 Å². The van der Waals surface area contributed by atoms with Crippen molar-refractivity contribution in [3.8, 4) is 11.5 Å². The van der Waals surface area contributed by atoms with Crippen molar-refractivity contribution in [2.24, 2.45) is 0 Å². The highest BCUT2D eigenvalue weighted by atomic mass is 32.2. The monoisotopic (exact) mass is 432 g/mol. The third-order valence-corrected chi connectivity index (χ3v) is 6.49. The number of nitrogens with one attached hydrogen (secondary N) is 2. The lowest BCUT2D eigenvalue weighted by Crippen LogP contribution is -2.43. The van der Waals surface area contributed by atoms with Crippen molar-refractivity contribution in [2.75, 3.05) is 11.8 Å². The van der Waals surface area contributed by atoms with E-state index in [1.54, 1.807) is 43.3 Å². The second-order valence-corrected chi connectivity index (χ2v) is 9.09. The molecule has 0 saturated heterocycles. The maximum Gasteiger partial charge on any atom is 0.261 e. The molecule has 1 aliphatic carbocycles. The molecule has 1 aliphatic rings. The van der Waals surface area contributed by atoms with Crippen molar-refractivity contribution >= 4 is 21.6 Å². The molecule has 0 spiro atoms. The topological polar surface area (TPSA) is 93.7 Å². The number of anilines is 1. The van der Waals surface area contributed by atoms with Gasteiger partial charge in [-0.3, -0.25) is 9.52 Å². The van der Waals surface area contributed by atoms with Crippen molar-refractivity contribution in [3.05, 3.63) is 48.5 Å². The lowest BCUT2D eigenvalue weighted by Gasteiger charge is -2.24. The van der Waals surface area contributed by atoms with Crippen molar-refractivity contribution in [3.63, 3.8) is 0 Å². The van der Waals surface area contributed by atoms with Crippen LogP contribution in [0, 0.1) is 0 Å². The SMILES string of the molecule is COc1cccc(NS(=O)(=O)c2ccc(O[C@H](C)C(=O)NC3CCCCC3)cc2)c1. The van der Waals surface area contributed by atoms with Crippen LogP contribution in [0.25, 0.3) is 0 Å². The Bertz CT molecular complexity index is 954. The van der Waals surface area contributed by atoms with Gasteiger partial charge in [-0.2, -0.15) is 0 Å². The number of carbonyl (C=O) groups is 1. The zero-order chi connectivity index (χ0) is 21.6. The van der Waals surface area contributed by atoms with Gasteiger partial charge in [0.05, 0.1) is 17.7 Å². The van der Waals surface area contributed by atoms with Gasteiger partial charge in [-0.25, -0.2) is 8.42 Å². The van der Waals surface area contributed by atoms with Crippen LogP contribution in [0.2, 0.25) is 0 Å². The molecule has 1 amide bonds. The van der Waals surface area contributed by atoms with Crippen LogP contribution in [0.15, 0.2) is 53.4 Å². The molecule has 1 saturated carbocycles. The first-order valence-electron chi connectivity index (χ1n) is 10.1. The Kier molecular flexibility index (Phi) is 7.20. The molecule has 1 fully saturated rings. The summed E-state index contributed by atoms with van der Waals surface area (Å²) in [7, 11) is -2.24. The Hall–Kier alpha value is -2.74. The number of ether oxygens (including phenoxy) is 2. The summed E-state index contributed by atoms with van der Waals surface area (Å²) < 4.78 is 38.5. The maximum absolute atomic E-state index is 12.6. The Balaban J connectivity index is 1.59. The quantitative estimate of drug-likeness (QED) is 0.663. The number of rotatable bonds is 8. The largest absolute Gasteiger partial charge is 0.497 e. The van der Waals surface area contributed by atoms with Crippen molar-refractivity contribution < 1.29 is 22.7 Å². The summed E-state index contributed by atoms with van der Waals surface area (Å²) in [6, 6.07) is 12.9. The molecule has 0 heterocycles. The number of benzene rings is 2. The molecular weight excluding hydrogens is 404 g/mol. The second kappa shape index (κ2) is 9.84. The lowest BCUT2D eigenvalue weighted by molar-refractivity contribution is -0.128. The molecule has 2 aromatic carbocycles. The number of carbonyl (C=O) groups excluding carboxylic acids is 1. The minimum atomic E-state index is -3.76. The van der Waals surface area contributed by atoms with E-state index in [0.29, 0.717) is 17.2 Å². The third kappa shape index (κ3) is 5.89. The summed E-state index contributed by atoms with van der Waals surface area (Å²) in [4.78, 5) is 12.4. The molecule has 0 radical (unpaired) electrons. The molecular formula is C22H28N2O5S. The highest BCUT2D eigenvalue weighted by Crippen LogP contribution is 2.23. The molecule has 0 aliphatic heterocycles. The van der Waals surface area contributed by atoms with Gasteiger partial charge in [0.2, 0.25) is 0 Å². The zero-order valence-electron chi connectivity index (χ0n) is 17.3. The van der Waals surface area contributed by atoms with Gasteiger partial charge in [-0.1, -0.05) is 25.3 Å². The third-order valence-electron chi connectivity index (χ3n) is 5.09. The minimum absolute atomic E-state index is 0.0944. The van der Waals surface area contributed by atoms with Crippen LogP contribution in [-0.2, 0) is 14.8 Å². The molecule has 0 aromatic heterocycles. The lowest BCUT2D eigenvalue weighted by atomic mass is 9.95. The summed E-state index contributed by atoms with van der Waals surface area (Å²) >= 11 is 0. The Morgan fingerprint density at radius 3 is 2.40 bits per heavy atom. The van der Waals surface area contributed by atoms with E-state index >= 15 is 0 Å². The molecule has 3 rings (SSSR count). The van der Waals surface area contributed by atoms with Gasteiger partial charge < -0.3 is 14.8 Å². The molecule has 7 nitrogen and oxygen atoms in total. The number of sulfonamides is 1. The van der Waals surface area contributed by atoms with Crippen LogP contribution in [0.4, 0.5) is 5.69 Å². The van der Waals surface area contributed by atoms with Gasteiger partial charge in [-0.15, -0.1) is 0 Å². The van der Waals surface area contributed by atoms with Gasteiger partial charge in [0.25, 0.3) is 15.9 Å². The van der Waals surface area contributed by atoms with Gasteiger partial charge in [0.1, 0.15) is 11.5 Å². The summed E-state index contributed by atoms with van der Waals surface area (Å²) in [5.41, 5.74) is 0.405. The van der Waals surface area contributed by atoms with Gasteiger partial charge in [-0.05, 0) is 56.2 Å². The van der Waals surface area contributed by atoms with Crippen LogP contribution in [0.5, 0.6) is 11.5 Å². The van der Waals surface area contributed by atoms with E-state index in [1.807, 2.05) is 0 Å². The fourth-order valence-electron chi connectivity index (χ4n) is 3.42. The minimum Gasteiger partial charge on any atom is -0.497 e. The fraction of sp³-hybridized carbons (Fsp3) is 0.409. The standard InChI is InChI=1S/C22H28N2O5S/c1-16(22(25)23-17-7-4-3-5-8-17)29-19-11-13-21(14-12-19)30(26,27)24-18-9-6-10-20(15-18)28-2/h6,9-17,24H,3-5,7-8H2,1-2H3,(H,23,25)/t16-/m1/s1. The molecule has 2 N–H and O–H groups in total. The average Bonchev–Trinajstić information content (AvgIpc) is 2.74. The summed E-state index contributed by atoms with van der Waals surface area (Å²) in [5, 5.41) is 3.03. The Morgan fingerprint density at radius 2 is 1.73 bits per heavy atom. The second-order valence-electron chi connectivity index (χ2n) is 7.41. The van der Waals surface area contributed by atoms with Crippen LogP contribution < -0.4 is 19.5 Å². The normalized spacial score (nSPS) is 15.8. The number of amides is 1. The molecule has 0 unspecified atom stereocenters. The predicted molar refractivity (Wildman–Crippen MR) is 115 cm³/mol. The Morgan fingerprint density at radius 1 is 1.03 bits per heavy atom. The maximum atomic E-state index is 12.6.